The molecule has 0 saturated carbocycles. The van der Waals surface area contributed by atoms with Crippen LogP contribution in [0.25, 0.3) is 0 Å². The van der Waals surface area contributed by atoms with Crippen molar-refractivity contribution in [2.75, 3.05) is 0 Å². The van der Waals surface area contributed by atoms with Crippen molar-refractivity contribution in [2.45, 2.75) is 46.3 Å². The fourth-order valence-corrected chi connectivity index (χ4v) is 4.96. The molecule has 0 heterocycles. The molecule has 0 fully saturated rings. The van der Waals surface area contributed by atoms with Crippen LogP contribution in [0.1, 0.15) is 26.7 Å². The summed E-state index contributed by atoms with van der Waals surface area (Å²) in [6, 6.07) is 0. The van der Waals surface area contributed by atoms with Crippen LogP contribution in [-0.2, 0) is 0 Å². The summed E-state index contributed by atoms with van der Waals surface area (Å²) in [7, 11) is -1.15. The predicted molar refractivity (Wildman–Crippen MR) is 75.2 cm³/mol. The van der Waals surface area contributed by atoms with E-state index in [-0.39, 0.29) is 0 Å². The van der Waals surface area contributed by atoms with Crippen molar-refractivity contribution in [1.29, 1.82) is 0 Å². The van der Waals surface area contributed by atoms with Crippen LogP contribution in [0, 0.1) is 11.3 Å². The average molecular weight is 232 g/mol. The van der Waals surface area contributed by atoms with E-state index in [9.17, 15) is 0 Å². The molecule has 0 N–H and O–H groups in total. The fraction of sp³-hybridized carbons (Fsp3) is 0.600. The molecule has 2 aliphatic carbocycles. The molecule has 1 heteroatoms. The minimum atomic E-state index is -1.15. The molecular formula is C15H24Si. The molecule has 0 spiro atoms. The summed E-state index contributed by atoms with van der Waals surface area (Å²) in [4.78, 5) is 0. The maximum Gasteiger partial charge on any atom is 0.0728 e. The summed E-state index contributed by atoms with van der Waals surface area (Å²) >= 11 is 0. The van der Waals surface area contributed by atoms with Gasteiger partial charge in [-0.15, -0.1) is 0 Å². The second-order valence-corrected chi connectivity index (χ2v) is 11.9. The molecule has 0 aromatic carbocycles. The lowest BCUT2D eigenvalue weighted by molar-refractivity contribution is 0.410. The summed E-state index contributed by atoms with van der Waals surface area (Å²) in [6.45, 7) is 12.2. The first-order chi connectivity index (χ1) is 7.32. The highest BCUT2D eigenvalue weighted by Gasteiger charge is 2.36. The third kappa shape index (κ3) is 1.98. The van der Waals surface area contributed by atoms with Gasteiger partial charge < -0.3 is 0 Å². The van der Waals surface area contributed by atoms with Crippen molar-refractivity contribution in [1.82, 2.24) is 0 Å². The maximum atomic E-state index is 2.48. The Labute approximate surface area is 101 Å². The van der Waals surface area contributed by atoms with Crippen LogP contribution in [0.3, 0.4) is 0 Å². The first-order valence-corrected chi connectivity index (χ1v) is 9.92. The molecule has 2 aliphatic rings. The highest BCUT2D eigenvalue weighted by atomic mass is 28.3. The smallest absolute Gasteiger partial charge is 0.0728 e. The summed E-state index contributed by atoms with van der Waals surface area (Å²) < 4.78 is 0. The van der Waals surface area contributed by atoms with Crippen LogP contribution in [0.5, 0.6) is 0 Å². The third-order valence-corrected chi connectivity index (χ3v) is 6.32. The number of fused-ring (bicyclic) bond motifs is 1. The van der Waals surface area contributed by atoms with E-state index in [1.807, 2.05) is 0 Å². The number of hydrogen-bond donors (Lipinski definition) is 0. The van der Waals surface area contributed by atoms with Crippen molar-refractivity contribution in [3.05, 3.63) is 35.1 Å². The van der Waals surface area contributed by atoms with Gasteiger partial charge in [0.05, 0.1) is 8.07 Å². The Kier molecular flexibility index (Phi) is 2.78. The van der Waals surface area contributed by atoms with E-state index in [4.69, 9.17) is 0 Å². The standard InChI is InChI=1S/C15H24Si/c1-15(2)11-10-12-13(15)8-6-7-9-14(12)16(3,4)5/h6,8,10-11,13H,7,9H2,1-5H3. The zero-order valence-corrected chi connectivity index (χ0v) is 12.3. The van der Waals surface area contributed by atoms with E-state index in [1.54, 1.807) is 10.8 Å². The van der Waals surface area contributed by atoms with E-state index in [2.05, 4.69) is 57.8 Å². The van der Waals surface area contributed by atoms with Crippen LogP contribution in [0.15, 0.2) is 35.1 Å². The SMILES string of the molecule is CC1(C)C=CC2=C([Si](C)(C)C)CCC=CC21. The first kappa shape index (κ1) is 11.9. The Bertz CT molecular complexity index is 375. The van der Waals surface area contributed by atoms with Gasteiger partial charge in [-0.05, 0) is 23.8 Å². The van der Waals surface area contributed by atoms with Crippen LogP contribution < -0.4 is 0 Å². The molecule has 0 aliphatic heterocycles. The Hall–Kier alpha value is -0.563. The second-order valence-electron chi connectivity index (χ2n) is 6.78. The summed E-state index contributed by atoms with van der Waals surface area (Å²) in [5.41, 5.74) is 1.97. The number of allylic oxidation sites excluding steroid dienone is 6. The molecule has 0 saturated heterocycles. The zero-order chi connectivity index (χ0) is 12.0. The highest BCUT2D eigenvalue weighted by Crippen LogP contribution is 2.46. The predicted octanol–water partition coefficient (Wildman–Crippen LogP) is 4.72. The van der Waals surface area contributed by atoms with Crippen molar-refractivity contribution in [3.8, 4) is 0 Å². The van der Waals surface area contributed by atoms with Crippen molar-refractivity contribution < 1.29 is 0 Å². The minimum absolute atomic E-state index is 0.321. The molecule has 1 atom stereocenters. The van der Waals surface area contributed by atoms with Crippen molar-refractivity contribution in [2.24, 2.45) is 11.3 Å². The van der Waals surface area contributed by atoms with E-state index >= 15 is 0 Å². The largest absolute Gasteiger partial charge is 0.0876 e. The Morgan fingerprint density at radius 1 is 1.25 bits per heavy atom. The van der Waals surface area contributed by atoms with Crippen LogP contribution in [0.4, 0.5) is 0 Å². The van der Waals surface area contributed by atoms with Gasteiger partial charge in [0.25, 0.3) is 0 Å². The van der Waals surface area contributed by atoms with Gasteiger partial charge in [-0.3, -0.25) is 0 Å². The molecule has 0 bridgehead atoms. The van der Waals surface area contributed by atoms with Gasteiger partial charge in [0.2, 0.25) is 0 Å². The van der Waals surface area contributed by atoms with Gasteiger partial charge in [0.15, 0.2) is 0 Å². The normalized spacial score (nSPS) is 28.2. The molecule has 2 rings (SSSR count). The molecule has 0 nitrogen and oxygen atoms in total. The van der Waals surface area contributed by atoms with Gasteiger partial charge in [-0.1, -0.05) is 63.0 Å². The molecule has 0 aromatic rings. The lowest BCUT2D eigenvalue weighted by atomic mass is 9.80. The molecule has 0 radical (unpaired) electrons. The summed E-state index contributed by atoms with van der Waals surface area (Å²) in [6.07, 6.45) is 12.2. The first-order valence-electron chi connectivity index (χ1n) is 6.42. The number of rotatable bonds is 1. The average Bonchev–Trinajstić information content (AvgIpc) is 2.37. The highest BCUT2D eigenvalue weighted by molar-refractivity contribution is 6.83. The quantitative estimate of drug-likeness (QED) is 0.453. The van der Waals surface area contributed by atoms with E-state index in [0.717, 1.165) is 0 Å². The summed E-state index contributed by atoms with van der Waals surface area (Å²) in [5, 5.41) is 1.80. The Morgan fingerprint density at radius 3 is 2.56 bits per heavy atom. The fourth-order valence-electron chi connectivity index (χ4n) is 2.96. The van der Waals surface area contributed by atoms with E-state index in [1.165, 1.54) is 12.8 Å². The third-order valence-electron chi connectivity index (χ3n) is 3.97. The summed E-state index contributed by atoms with van der Waals surface area (Å²) in [5.74, 6) is 0.636. The van der Waals surface area contributed by atoms with Crippen LogP contribution >= 0.6 is 0 Å². The van der Waals surface area contributed by atoms with Gasteiger partial charge in [0.1, 0.15) is 0 Å². The van der Waals surface area contributed by atoms with Gasteiger partial charge >= 0.3 is 0 Å². The monoisotopic (exact) mass is 232 g/mol. The molecule has 16 heavy (non-hydrogen) atoms. The zero-order valence-electron chi connectivity index (χ0n) is 11.3. The molecule has 1 unspecified atom stereocenters. The topological polar surface area (TPSA) is 0 Å². The Balaban J connectivity index is 2.50. The molecule has 88 valence electrons. The molecule has 0 aromatic heterocycles. The van der Waals surface area contributed by atoms with Gasteiger partial charge in [-0.25, -0.2) is 0 Å². The lowest BCUT2D eigenvalue weighted by Gasteiger charge is -2.28. The van der Waals surface area contributed by atoms with Gasteiger partial charge in [-0.2, -0.15) is 0 Å². The minimum Gasteiger partial charge on any atom is -0.0876 e. The van der Waals surface area contributed by atoms with Crippen LogP contribution in [0.2, 0.25) is 19.6 Å². The van der Waals surface area contributed by atoms with E-state index < -0.39 is 8.07 Å². The number of hydrogen-bond acceptors (Lipinski definition) is 0. The van der Waals surface area contributed by atoms with E-state index in [0.29, 0.717) is 11.3 Å². The maximum absolute atomic E-state index is 2.48. The van der Waals surface area contributed by atoms with Crippen LogP contribution in [-0.4, -0.2) is 8.07 Å². The Morgan fingerprint density at radius 2 is 1.94 bits per heavy atom. The van der Waals surface area contributed by atoms with Crippen molar-refractivity contribution in [3.63, 3.8) is 0 Å². The molecule has 0 amide bonds. The molecular weight excluding hydrogens is 208 g/mol. The second kappa shape index (κ2) is 3.73. The van der Waals surface area contributed by atoms with Gasteiger partial charge in [0, 0.05) is 5.92 Å². The van der Waals surface area contributed by atoms with Crippen molar-refractivity contribution >= 4 is 8.07 Å². The lowest BCUT2D eigenvalue weighted by Crippen LogP contribution is -2.27.